The number of halogens is 1. The number of rotatable bonds is 6. The maximum Gasteiger partial charge on any atom is 0.329 e. The fraction of sp³-hybridized carbons (Fsp3) is 0.462. The number of nitrogens with zero attached hydrogens (tertiary/aromatic N) is 2. The van der Waals surface area contributed by atoms with E-state index in [1.54, 1.807) is 12.1 Å². The number of ether oxygens (including phenoxy) is 1. The summed E-state index contributed by atoms with van der Waals surface area (Å²) in [5.41, 5.74) is 0.0480. The maximum atomic E-state index is 11.0. The van der Waals surface area contributed by atoms with Crippen LogP contribution >= 0.6 is 11.6 Å². The second-order valence-corrected chi connectivity index (χ2v) is 5.74. The average molecular weight is 315 g/mol. The molecule has 0 aliphatic carbocycles. The third kappa shape index (κ3) is 3.90. The van der Waals surface area contributed by atoms with E-state index in [1.807, 2.05) is 11.8 Å². The number of aliphatic carboxylic acids is 1. The first-order chi connectivity index (χ1) is 9.79. The molecule has 21 heavy (non-hydrogen) atoms. The third-order valence-electron chi connectivity index (χ3n) is 3.30. The first-order valence-corrected chi connectivity index (χ1v) is 6.68. The van der Waals surface area contributed by atoms with Gasteiger partial charge in [-0.2, -0.15) is 0 Å². The van der Waals surface area contributed by atoms with E-state index in [-0.39, 0.29) is 12.3 Å². The molecule has 1 aliphatic heterocycles. The molecule has 0 radical (unpaired) electrons. The smallest absolute Gasteiger partial charge is 0.329 e. The quantitative estimate of drug-likeness (QED) is 0.637. The van der Waals surface area contributed by atoms with Gasteiger partial charge in [0.1, 0.15) is 6.61 Å². The van der Waals surface area contributed by atoms with E-state index >= 15 is 0 Å². The standard InChI is InChI=1S/C13H15ClN2O5/c1-13(21-6-12(17)18)7-15(8-13)5-9-2-3-10(14)4-11(9)16(19)20/h2-4H,5-8H2,1H3,(H,17,18). The molecule has 114 valence electrons. The molecule has 0 aromatic heterocycles. The Balaban J connectivity index is 1.96. The second-order valence-electron chi connectivity index (χ2n) is 5.31. The van der Waals surface area contributed by atoms with Gasteiger partial charge in [-0.15, -0.1) is 0 Å². The van der Waals surface area contributed by atoms with E-state index in [9.17, 15) is 14.9 Å². The van der Waals surface area contributed by atoms with Gasteiger partial charge in [0, 0.05) is 36.3 Å². The van der Waals surface area contributed by atoms with E-state index in [0.29, 0.717) is 30.2 Å². The highest BCUT2D eigenvalue weighted by Gasteiger charge is 2.40. The Hall–Kier alpha value is -1.70. The van der Waals surface area contributed by atoms with Crippen LogP contribution in [0.25, 0.3) is 0 Å². The second kappa shape index (κ2) is 5.97. The Labute approximate surface area is 126 Å². The molecule has 8 heteroatoms. The van der Waals surface area contributed by atoms with Gasteiger partial charge in [0.2, 0.25) is 0 Å². The molecule has 2 rings (SSSR count). The van der Waals surface area contributed by atoms with Crippen molar-refractivity contribution in [3.63, 3.8) is 0 Å². The summed E-state index contributed by atoms with van der Waals surface area (Å²) in [7, 11) is 0. The van der Waals surface area contributed by atoms with Gasteiger partial charge in [-0.25, -0.2) is 4.79 Å². The molecule has 1 N–H and O–H groups in total. The van der Waals surface area contributed by atoms with Crippen LogP contribution in [-0.2, 0) is 16.1 Å². The zero-order valence-corrected chi connectivity index (χ0v) is 12.2. The number of hydrogen-bond donors (Lipinski definition) is 1. The van der Waals surface area contributed by atoms with Gasteiger partial charge in [0.05, 0.1) is 10.5 Å². The zero-order chi connectivity index (χ0) is 15.6. The van der Waals surface area contributed by atoms with E-state index in [1.165, 1.54) is 6.07 Å². The molecule has 1 aromatic carbocycles. The van der Waals surface area contributed by atoms with Crippen molar-refractivity contribution < 1.29 is 19.6 Å². The Bertz CT molecular complexity index is 572. The number of benzene rings is 1. The predicted molar refractivity (Wildman–Crippen MR) is 75.4 cm³/mol. The summed E-state index contributed by atoms with van der Waals surface area (Å²) in [5, 5.41) is 19.9. The van der Waals surface area contributed by atoms with Gasteiger partial charge in [-0.3, -0.25) is 15.0 Å². The third-order valence-corrected chi connectivity index (χ3v) is 3.53. The van der Waals surface area contributed by atoms with Crippen LogP contribution in [0.4, 0.5) is 5.69 Å². The molecule has 1 aliphatic rings. The van der Waals surface area contributed by atoms with Gasteiger partial charge in [-0.05, 0) is 19.1 Å². The fourth-order valence-corrected chi connectivity index (χ4v) is 2.59. The largest absolute Gasteiger partial charge is 0.480 e. The number of nitro benzene ring substituents is 1. The Kier molecular flexibility index (Phi) is 4.46. The number of carbonyl (C=O) groups is 1. The minimum atomic E-state index is -1.01. The van der Waals surface area contributed by atoms with Gasteiger partial charge in [-0.1, -0.05) is 11.6 Å². The number of carboxylic acid groups (broad SMARTS) is 1. The van der Waals surface area contributed by atoms with Crippen LogP contribution in [0.1, 0.15) is 12.5 Å². The lowest BCUT2D eigenvalue weighted by atomic mass is 9.95. The number of nitro groups is 1. The van der Waals surface area contributed by atoms with Crippen molar-refractivity contribution >= 4 is 23.3 Å². The van der Waals surface area contributed by atoms with Crippen molar-refractivity contribution in [1.29, 1.82) is 0 Å². The highest BCUT2D eigenvalue weighted by atomic mass is 35.5. The number of likely N-dealkylation sites (tertiary alicyclic amines) is 1. The fourth-order valence-electron chi connectivity index (χ4n) is 2.42. The van der Waals surface area contributed by atoms with E-state index in [2.05, 4.69) is 0 Å². The maximum absolute atomic E-state index is 11.0. The molecule has 1 heterocycles. The van der Waals surface area contributed by atoms with Gasteiger partial charge in [0.25, 0.3) is 5.69 Å². The Morgan fingerprint density at radius 2 is 2.24 bits per heavy atom. The van der Waals surface area contributed by atoms with Crippen LogP contribution in [0.5, 0.6) is 0 Å². The van der Waals surface area contributed by atoms with Crippen LogP contribution in [0.3, 0.4) is 0 Å². The SMILES string of the molecule is CC1(OCC(=O)O)CN(Cc2ccc(Cl)cc2[N+](=O)[O-])C1. The molecule has 0 amide bonds. The topological polar surface area (TPSA) is 92.9 Å². The van der Waals surface area contributed by atoms with E-state index < -0.39 is 16.5 Å². The lowest BCUT2D eigenvalue weighted by molar-refractivity contribution is -0.385. The van der Waals surface area contributed by atoms with Crippen molar-refractivity contribution in [2.45, 2.75) is 19.1 Å². The van der Waals surface area contributed by atoms with Crippen LogP contribution < -0.4 is 0 Å². The first kappa shape index (κ1) is 15.7. The molecule has 0 unspecified atom stereocenters. The Morgan fingerprint density at radius 3 is 2.81 bits per heavy atom. The molecular weight excluding hydrogens is 300 g/mol. The van der Waals surface area contributed by atoms with E-state index in [4.69, 9.17) is 21.4 Å². The summed E-state index contributed by atoms with van der Waals surface area (Å²) in [6.07, 6.45) is 0. The zero-order valence-electron chi connectivity index (χ0n) is 11.4. The minimum Gasteiger partial charge on any atom is -0.480 e. The summed E-state index contributed by atoms with van der Waals surface area (Å²) < 4.78 is 5.30. The lowest BCUT2D eigenvalue weighted by Gasteiger charge is -2.47. The Morgan fingerprint density at radius 1 is 1.57 bits per heavy atom. The first-order valence-electron chi connectivity index (χ1n) is 6.30. The predicted octanol–water partition coefficient (Wildman–Crippen LogP) is 1.92. The number of hydrogen-bond acceptors (Lipinski definition) is 5. The van der Waals surface area contributed by atoms with Crippen molar-refractivity contribution in [2.24, 2.45) is 0 Å². The molecule has 1 saturated heterocycles. The molecule has 0 bridgehead atoms. The lowest BCUT2D eigenvalue weighted by Crippen LogP contribution is -2.61. The van der Waals surface area contributed by atoms with Crippen molar-refractivity contribution in [1.82, 2.24) is 4.90 Å². The molecule has 1 fully saturated rings. The van der Waals surface area contributed by atoms with Crippen LogP contribution in [0, 0.1) is 10.1 Å². The van der Waals surface area contributed by atoms with E-state index in [0.717, 1.165) is 0 Å². The van der Waals surface area contributed by atoms with Crippen molar-refractivity contribution in [3.8, 4) is 0 Å². The van der Waals surface area contributed by atoms with Crippen LogP contribution in [-0.4, -0.2) is 46.2 Å². The summed E-state index contributed by atoms with van der Waals surface area (Å²) in [4.78, 5) is 23.0. The highest BCUT2D eigenvalue weighted by Crippen LogP contribution is 2.30. The van der Waals surface area contributed by atoms with Gasteiger partial charge in [0.15, 0.2) is 0 Å². The molecule has 0 saturated carbocycles. The highest BCUT2D eigenvalue weighted by molar-refractivity contribution is 6.30. The molecule has 7 nitrogen and oxygen atoms in total. The average Bonchev–Trinajstić information content (AvgIpc) is 2.36. The van der Waals surface area contributed by atoms with Crippen molar-refractivity contribution in [3.05, 3.63) is 38.9 Å². The van der Waals surface area contributed by atoms with Gasteiger partial charge >= 0.3 is 5.97 Å². The summed E-state index contributed by atoms with van der Waals surface area (Å²) >= 11 is 5.77. The van der Waals surface area contributed by atoms with Crippen molar-refractivity contribution in [2.75, 3.05) is 19.7 Å². The molecular formula is C13H15ClN2O5. The minimum absolute atomic E-state index is 0.0115. The number of carboxylic acids is 1. The summed E-state index contributed by atoms with van der Waals surface area (Å²) in [5.74, 6) is -1.01. The monoisotopic (exact) mass is 314 g/mol. The summed E-state index contributed by atoms with van der Waals surface area (Å²) in [6.45, 7) is 2.94. The molecule has 0 spiro atoms. The molecule has 1 aromatic rings. The normalized spacial score (nSPS) is 17.2. The van der Waals surface area contributed by atoms with Crippen LogP contribution in [0.15, 0.2) is 18.2 Å². The summed E-state index contributed by atoms with van der Waals surface area (Å²) in [6, 6.07) is 4.58. The van der Waals surface area contributed by atoms with Crippen LogP contribution in [0.2, 0.25) is 5.02 Å². The van der Waals surface area contributed by atoms with Gasteiger partial charge < -0.3 is 9.84 Å². The molecule has 0 atom stereocenters.